The summed E-state index contributed by atoms with van der Waals surface area (Å²) in [5, 5.41) is 3.83. The molecule has 110 valence electrons. The topological polar surface area (TPSA) is 18.5 Å². The van der Waals surface area contributed by atoms with Gasteiger partial charge in [-0.05, 0) is 0 Å². The summed E-state index contributed by atoms with van der Waals surface area (Å²) >= 11 is -1.98. The molecule has 0 unspecified atom stereocenters. The van der Waals surface area contributed by atoms with E-state index in [1.165, 1.54) is 15.8 Å². The van der Waals surface area contributed by atoms with Gasteiger partial charge in [0.25, 0.3) is 0 Å². The van der Waals surface area contributed by atoms with Crippen LogP contribution < -0.4 is 0 Å². The van der Waals surface area contributed by atoms with E-state index in [-0.39, 0.29) is 5.41 Å². The molecule has 0 radical (unpaired) electrons. The van der Waals surface area contributed by atoms with Gasteiger partial charge in [-0.3, -0.25) is 0 Å². The second-order valence-electron chi connectivity index (χ2n) is 7.10. The van der Waals surface area contributed by atoms with Crippen molar-refractivity contribution in [3.8, 4) is 0 Å². The van der Waals surface area contributed by atoms with Crippen LogP contribution in [0.1, 0.15) is 34.6 Å². The molecule has 0 rings (SSSR count). The van der Waals surface area contributed by atoms with Crippen LogP contribution in [0.25, 0.3) is 0 Å². The minimum atomic E-state index is -1.98. The Labute approximate surface area is 119 Å². The Balaban J connectivity index is 4.32. The molecule has 0 bridgehead atoms. The summed E-state index contributed by atoms with van der Waals surface area (Å²) in [4.78, 5) is 0. The second kappa shape index (κ2) is 7.46. The first-order valence-corrected chi connectivity index (χ1v) is 16.1. The molecule has 0 heterocycles. The van der Waals surface area contributed by atoms with E-state index in [0.29, 0.717) is 0 Å². The van der Waals surface area contributed by atoms with Crippen molar-refractivity contribution in [1.29, 1.82) is 0 Å². The van der Waals surface area contributed by atoms with Crippen LogP contribution >= 0.6 is 0 Å². The predicted octanol–water partition coefficient (Wildman–Crippen LogP) is 4.89. The molecule has 0 amide bonds. The van der Waals surface area contributed by atoms with Crippen LogP contribution in [-0.4, -0.2) is 35.1 Å². The van der Waals surface area contributed by atoms with Crippen LogP contribution in [0.2, 0.25) is 35.4 Å². The van der Waals surface area contributed by atoms with Crippen molar-refractivity contribution in [3.05, 3.63) is 0 Å². The normalized spacial score (nSPS) is 14.0. The summed E-state index contributed by atoms with van der Waals surface area (Å²) < 4.78 is 12.5. The molecule has 18 heavy (non-hydrogen) atoms. The maximum atomic E-state index is 6.43. The average Bonchev–Trinajstić information content (AvgIpc) is 2.29. The molecule has 0 saturated carbocycles. The van der Waals surface area contributed by atoms with E-state index in [4.69, 9.17) is 8.19 Å². The third-order valence-electron chi connectivity index (χ3n) is 3.60. The Hall–Kier alpha value is 0.680. The van der Waals surface area contributed by atoms with Gasteiger partial charge in [0.05, 0.1) is 0 Å². The molecule has 0 spiro atoms. The SMILES string of the molecule is C[CH2][Ge]([CH2]C)([CH2]C)[O]CC(C)(C)CO[Si](C)(C)C. The summed E-state index contributed by atoms with van der Waals surface area (Å²) in [6.07, 6.45) is 0. The summed E-state index contributed by atoms with van der Waals surface area (Å²) in [7, 11) is -1.41. The van der Waals surface area contributed by atoms with Crippen LogP contribution in [0.4, 0.5) is 0 Å². The van der Waals surface area contributed by atoms with Crippen molar-refractivity contribution < 1.29 is 8.19 Å². The molecule has 0 aliphatic carbocycles. The standard InChI is InChI=1S/C14H34GeO2Si/c1-9-15(10-2,11-3)16-12-14(4,5)13-17-18(6,7)8/h9-13H2,1-8H3. The molecule has 0 aromatic rings. The number of hydrogen-bond acceptors (Lipinski definition) is 2. The summed E-state index contributed by atoms with van der Waals surface area (Å²) in [6, 6.07) is 0. The van der Waals surface area contributed by atoms with Crippen molar-refractivity contribution in [3.63, 3.8) is 0 Å². The van der Waals surface area contributed by atoms with Gasteiger partial charge in [0, 0.05) is 0 Å². The number of rotatable bonds is 9. The van der Waals surface area contributed by atoms with E-state index < -0.39 is 21.9 Å². The zero-order valence-electron chi connectivity index (χ0n) is 13.9. The molecule has 4 heteroatoms. The van der Waals surface area contributed by atoms with Crippen LogP contribution in [0.3, 0.4) is 0 Å². The Kier molecular flexibility index (Phi) is 7.74. The molecular formula is C14H34GeO2Si. The molecule has 0 saturated heterocycles. The van der Waals surface area contributed by atoms with Crippen molar-refractivity contribution in [2.75, 3.05) is 13.2 Å². The van der Waals surface area contributed by atoms with Gasteiger partial charge in [0.2, 0.25) is 0 Å². The molecule has 0 aromatic carbocycles. The molecule has 0 atom stereocenters. The van der Waals surface area contributed by atoms with Crippen LogP contribution in [0.15, 0.2) is 0 Å². The molecule has 2 nitrogen and oxygen atoms in total. The Morgan fingerprint density at radius 3 is 1.67 bits per heavy atom. The van der Waals surface area contributed by atoms with Gasteiger partial charge in [-0.25, -0.2) is 0 Å². The predicted molar refractivity (Wildman–Crippen MR) is 86.2 cm³/mol. The molecule has 0 aromatic heterocycles. The summed E-state index contributed by atoms with van der Waals surface area (Å²) in [5.74, 6) is 0. The van der Waals surface area contributed by atoms with Gasteiger partial charge in [-0.1, -0.05) is 0 Å². The van der Waals surface area contributed by atoms with E-state index in [1.54, 1.807) is 0 Å². The number of hydrogen-bond donors (Lipinski definition) is 0. The summed E-state index contributed by atoms with van der Waals surface area (Å²) in [5.41, 5.74) is 0.149. The van der Waals surface area contributed by atoms with Crippen molar-refractivity contribution >= 4 is 21.9 Å². The molecule has 0 N–H and O–H groups in total. The molecule has 0 fully saturated rings. The van der Waals surface area contributed by atoms with Gasteiger partial charge >= 0.3 is 119 Å². The second-order valence-corrected chi connectivity index (χ2v) is 21.6. The van der Waals surface area contributed by atoms with Crippen LogP contribution in [-0.2, 0) is 8.19 Å². The maximum absolute atomic E-state index is 6.43. The third-order valence-corrected chi connectivity index (χ3v) is 14.3. The van der Waals surface area contributed by atoms with Gasteiger partial charge in [0.1, 0.15) is 0 Å². The van der Waals surface area contributed by atoms with E-state index in [9.17, 15) is 0 Å². The van der Waals surface area contributed by atoms with Crippen molar-refractivity contribution in [1.82, 2.24) is 0 Å². The molecule has 0 aliphatic heterocycles. The first-order valence-electron chi connectivity index (χ1n) is 7.37. The third kappa shape index (κ3) is 7.31. The average molecular weight is 335 g/mol. The van der Waals surface area contributed by atoms with Crippen LogP contribution in [0.5, 0.6) is 0 Å². The van der Waals surface area contributed by atoms with Gasteiger partial charge in [-0.2, -0.15) is 0 Å². The Bertz CT molecular complexity index is 224. The first-order chi connectivity index (χ1) is 8.10. The minimum absolute atomic E-state index is 0.149. The summed E-state index contributed by atoms with van der Waals surface area (Å²) in [6.45, 7) is 19.9. The zero-order chi connectivity index (χ0) is 14.4. The monoisotopic (exact) mass is 336 g/mol. The zero-order valence-corrected chi connectivity index (χ0v) is 17.0. The van der Waals surface area contributed by atoms with Gasteiger partial charge in [0.15, 0.2) is 0 Å². The fourth-order valence-corrected chi connectivity index (χ4v) is 8.58. The van der Waals surface area contributed by atoms with Gasteiger partial charge in [-0.15, -0.1) is 0 Å². The Morgan fingerprint density at radius 1 is 0.889 bits per heavy atom. The van der Waals surface area contributed by atoms with Crippen molar-refractivity contribution in [2.45, 2.75) is 70.0 Å². The van der Waals surface area contributed by atoms with Gasteiger partial charge < -0.3 is 0 Å². The van der Waals surface area contributed by atoms with Crippen molar-refractivity contribution in [2.24, 2.45) is 5.41 Å². The van der Waals surface area contributed by atoms with E-state index in [1.807, 2.05) is 0 Å². The van der Waals surface area contributed by atoms with E-state index in [2.05, 4.69) is 54.3 Å². The fraction of sp³-hybridized carbons (Fsp3) is 1.00. The molecular weight excluding hydrogens is 301 g/mol. The molecule has 0 aliphatic rings. The quantitative estimate of drug-likeness (QED) is 0.559. The fourth-order valence-electron chi connectivity index (χ4n) is 1.86. The first kappa shape index (κ1) is 18.7. The Morgan fingerprint density at radius 2 is 1.33 bits per heavy atom. The van der Waals surface area contributed by atoms with E-state index >= 15 is 0 Å². The van der Waals surface area contributed by atoms with Crippen LogP contribution in [0, 0.1) is 5.41 Å². The van der Waals surface area contributed by atoms with E-state index in [0.717, 1.165) is 13.2 Å².